The molecule has 2 N–H and O–H groups in total. The van der Waals surface area contributed by atoms with Crippen LogP contribution in [0.4, 0.5) is 9.52 Å². The smallest absolute Gasteiger partial charge is 0.245 e. The first-order valence-corrected chi connectivity index (χ1v) is 9.03. The van der Waals surface area contributed by atoms with E-state index in [4.69, 9.17) is 0 Å². The van der Waals surface area contributed by atoms with Gasteiger partial charge in [-0.2, -0.15) is 0 Å². The van der Waals surface area contributed by atoms with Crippen molar-refractivity contribution in [1.82, 2.24) is 15.3 Å². The van der Waals surface area contributed by atoms with Crippen molar-refractivity contribution in [2.24, 2.45) is 0 Å². The third-order valence-electron chi connectivity index (χ3n) is 3.64. The van der Waals surface area contributed by atoms with Crippen LogP contribution in [-0.2, 0) is 16.0 Å². The fraction of sp³-hybridized carbons (Fsp3) is 0.158. The normalized spacial score (nSPS) is 10.4. The van der Waals surface area contributed by atoms with E-state index in [-0.39, 0.29) is 24.8 Å². The summed E-state index contributed by atoms with van der Waals surface area (Å²) in [6, 6.07) is 11.4. The summed E-state index contributed by atoms with van der Waals surface area (Å²) < 4.78 is 13.1. The lowest BCUT2D eigenvalue weighted by Crippen LogP contribution is -2.33. The van der Waals surface area contributed by atoms with Gasteiger partial charge in [0.05, 0.1) is 29.2 Å². The van der Waals surface area contributed by atoms with Crippen molar-refractivity contribution in [3.8, 4) is 10.6 Å². The molecule has 138 valence electrons. The van der Waals surface area contributed by atoms with Crippen LogP contribution < -0.4 is 10.6 Å². The van der Waals surface area contributed by atoms with Gasteiger partial charge in [-0.3, -0.25) is 14.6 Å². The summed E-state index contributed by atoms with van der Waals surface area (Å²) in [5, 5.41) is 5.62. The number of amides is 2. The second kappa shape index (κ2) is 8.50. The van der Waals surface area contributed by atoms with Crippen molar-refractivity contribution in [3.63, 3.8) is 0 Å². The molecule has 0 saturated heterocycles. The molecule has 8 heteroatoms. The Bertz CT molecular complexity index is 959. The maximum atomic E-state index is 13.1. The number of halogens is 1. The van der Waals surface area contributed by atoms with Crippen LogP contribution in [0.15, 0.2) is 48.7 Å². The van der Waals surface area contributed by atoms with Gasteiger partial charge in [0.25, 0.3) is 0 Å². The number of pyridine rings is 1. The number of carbonyl (C=O) groups excluding carboxylic acids is 2. The molecule has 3 aromatic rings. The molecule has 1 aromatic carbocycles. The van der Waals surface area contributed by atoms with Gasteiger partial charge in [0.2, 0.25) is 11.8 Å². The summed E-state index contributed by atoms with van der Waals surface area (Å²) in [5.74, 6) is -1.15. The zero-order valence-electron chi connectivity index (χ0n) is 14.5. The van der Waals surface area contributed by atoms with Crippen LogP contribution in [-0.4, -0.2) is 28.3 Å². The van der Waals surface area contributed by atoms with Gasteiger partial charge in [0.1, 0.15) is 5.82 Å². The van der Waals surface area contributed by atoms with Gasteiger partial charge < -0.3 is 10.6 Å². The van der Waals surface area contributed by atoms with Gasteiger partial charge in [0, 0.05) is 6.20 Å². The van der Waals surface area contributed by atoms with Gasteiger partial charge in [0.15, 0.2) is 5.13 Å². The number of carbonyl (C=O) groups is 2. The van der Waals surface area contributed by atoms with E-state index in [0.29, 0.717) is 10.7 Å². The van der Waals surface area contributed by atoms with Gasteiger partial charge >= 0.3 is 0 Å². The Morgan fingerprint density at radius 3 is 2.74 bits per heavy atom. The number of anilines is 1. The van der Waals surface area contributed by atoms with Crippen molar-refractivity contribution in [2.75, 3.05) is 11.9 Å². The summed E-state index contributed by atoms with van der Waals surface area (Å²) >= 11 is 1.32. The molecule has 0 aliphatic rings. The summed E-state index contributed by atoms with van der Waals surface area (Å²) in [6.07, 6.45) is 1.70. The fourth-order valence-corrected chi connectivity index (χ4v) is 3.38. The van der Waals surface area contributed by atoms with Crippen molar-refractivity contribution in [2.45, 2.75) is 13.3 Å². The third kappa shape index (κ3) is 5.18. The molecule has 0 bridgehead atoms. The van der Waals surface area contributed by atoms with E-state index in [1.54, 1.807) is 12.3 Å². The first-order chi connectivity index (χ1) is 13.0. The van der Waals surface area contributed by atoms with Crippen LogP contribution in [0, 0.1) is 12.7 Å². The summed E-state index contributed by atoms with van der Waals surface area (Å²) in [4.78, 5) is 33.4. The average molecular weight is 384 g/mol. The Morgan fingerprint density at radius 2 is 2.00 bits per heavy atom. The molecule has 0 aliphatic heterocycles. The molecule has 0 radical (unpaired) electrons. The second-order valence-corrected chi connectivity index (χ2v) is 6.78. The predicted molar refractivity (Wildman–Crippen MR) is 102 cm³/mol. The van der Waals surface area contributed by atoms with Crippen LogP contribution >= 0.6 is 11.3 Å². The molecule has 6 nitrogen and oxygen atoms in total. The lowest BCUT2D eigenvalue weighted by molar-refractivity contribution is -0.123. The number of hydrogen-bond donors (Lipinski definition) is 2. The first-order valence-electron chi connectivity index (χ1n) is 8.21. The molecule has 0 spiro atoms. The fourth-order valence-electron chi connectivity index (χ4n) is 2.42. The second-order valence-electron chi connectivity index (χ2n) is 5.78. The van der Waals surface area contributed by atoms with E-state index in [2.05, 4.69) is 20.6 Å². The molecule has 0 saturated carbocycles. The molecule has 0 aliphatic carbocycles. The zero-order chi connectivity index (χ0) is 19.2. The first kappa shape index (κ1) is 18.7. The highest BCUT2D eigenvalue weighted by Gasteiger charge is 2.13. The highest BCUT2D eigenvalue weighted by molar-refractivity contribution is 7.19. The molecular formula is C19H17FN4O2S. The zero-order valence-corrected chi connectivity index (χ0v) is 15.3. The Hall–Kier alpha value is -3.13. The van der Waals surface area contributed by atoms with E-state index >= 15 is 0 Å². The van der Waals surface area contributed by atoms with E-state index in [9.17, 15) is 14.0 Å². The van der Waals surface area contributed by atoms with Crippen LogP contribution in [0.5, 0.6) is 0 Å². The molecule has 0 atom stereocenters. The molecule has 0 fully saturated rings. The van der Waals surface area contributed by atoms with Crippen LogP contribution in [0.3, 0.4) is 0 Å². The Kier molecular flexibility index (Phi) is 5.87. The Labute approximate surface area is 159 Å². The Morgan fingerprint density at radius 1 is 1.15 bits per heavy atom. The SMILES string of the molecule is Cc1nc(NC(=O)CNC(=O)Cc2cccc(F)c2)sc1-c1ccccn1. The molecule has 2 heterocycles. The number of aromatic nitrogens is 2. The lowest BCUT2D eigenvalue weighted by atomic mass is 10.1. The summed E-state index contributed by atoms with van der Waals surface area (Å²) in [5.41, 5.74) is 2.10. The van der Waals surface area contributed by atoms with Gasteiger partial charge in [-0.05, 0) is 36.8 Å². The average Bonchev–Trinajstić information content (AvgIpc) is 3.01. The van der Waals surface area contributed by atoms with E-state index in [1.807, 2.05) is 25.1 Å². The van der Waals surface area contributed by atoms with Gasteiger partial charge in [-0.1, -0.05) is 29.5 Å². The molecule has 0 unspecified atom stereocenters. The van der Waals surface area contributed by atoms with Crippen molar-refractivity contribution in [1.29, 1.82) is 0 Å². The van der Waals surface area contributed by atoms with Gasteiger partial charge in [-0.15, -0.1) is 0 Å². The van der Waals surface area contributed by atoms with E-state index in [0.717, 1.165) is 16.3 Å². The minimum absolute atomic E-state index is 0.00518. The number of benzene rings is 1. The minimum Gasteiger partial charge on any atom is -0.347 e. The largest absolute Gasteiger partial charge is 0.347 e. The highest BCUT2D eigenvalue weighted by atomic mass is 32.1. The van der Waals surface area contributed by atoms with Crippen molar-refractivity contribution in [3.05, 3.63) is 65.7 Å². The number of aryl methyl sites for hydroxylation is 1. The van der Waals surface area contributed by atoms with Crippen LogP contribution in [0.1, 0.15) is 11.3 Å². The quantitative estimate of drug-likeness (QED) is 0.684. The number of thiazole rings is 1. The summed E-state index contributed by atoms with van der Waals surface area (Å²) in [7, 11) is 0. The van der Waals surface area contributed by atoms with Crippen molar-refractivity contribution < 1.29 is 14.0 Å². The van der Waals surface area contributed by atoms with Gasteiger partial charge in [-0.25, -0.2) is 9.37 Å². The number of nitrogens with one attached hydrogen (secondary N) is 2. The lowest BCUT2D eigenvalue weighted by Gasteiger charge is -2.05. The molecule has 2 aromatic heterocycles. The topological polar surface area (TPSA) is 84.0 Å². The Balaban J connectivity index is 1.53. The van der Waals surface area contributed by atoms with Crippen LogP contribution in [0.25, 0.3) is 10.6 Å². The molecule has 2 amide bonds. The van der Waals surface area contributed by atoms with E-state index in [1.165, 1.54) is 29.5 Å². The number of hydrogen-bond acceptors (Lipinski definition) is 5. The molecular weight excluding hydrogens is 367 g/mol. The van der Waals surface area contributed by atoms with Crippen LogP contribution in [0.2, 0.25) is 0 Å². The number of rotatable bonds is 6. The van der Waals surface area contributed by atoms with E-state index < -0.39 is 5.82 Å². The number of nitrogens with zero attached hydrogens (tertiary/aromatic N) is 2. The third-order valence-corrected chi connectivity index (χ3v) is 4.74. The predicted octanol–water partition coefficient (Wildman–Crippen LogP) is 2.95. The molecule has 3 rings (SSSR count). The maximum absolute atomic E-state index is 13.1. The van der Waals surface area contributed by atoms with Crippen molar-refractivity contribution >= 4 is 28.3 Å². The summed E-state index contributed by atoms with van der Waals surface area (Å²) in [6.45, 7) is 1.66. The standard InChI is InChI=1S/C19H17FN4O2S/c1-12-18(15-7-2-3-8-21-15)27-19(23-12)24-17(26)11-22-16(25)10-13-5-4-6-14(20)9-13/h2-9H,10-11H2,1H3,(H,22,25)(H,23,24,26). The highest BCUT2D eigenvalue weighted by Crippen LogP contribution is 2.31. The molecule has 27 heavy (non-hydrogen) atoms. The minimum atomic E-state index is -0.402. The monoisotopic (exact) mass is 384 g/mol. The maximum Gasteiger partial charge on any atom is 0.245 e.